The summed E-state index contributed by atoms with van der Waals surface area (Å²) in [6.07, 6.45) is 0. The Kier molecular flexibility index (Phi) is 18.7. The minimum atomic E-state index is 0.241. The van der Waals surface area contributed by atoms with E-state index < -0.39 is 0 Å². The molecule has 300 valence electrons. The lowest BCUT2D eigenvalue weighted by atomic mass is 9.79. The molecule has 0 aromatic heterocycles. The third kappa shape index (κ3) is 14.8. The van der Waals surface area contributed by atoms with Gasteiger partial charge >= 0.3 is 0 Å². The van der Waals surface area contributed by atoms with Gasteiger partial charge in [-0.05, 0) is 161 Å². The van der Waals surface area contributed by atoms with Crippen molar-refractivity contribution in [2.75, 3.05) is 0 Å². The van der Waals surface area contributed by atoms with Gasteiger partial charge in [0.15, 0.2) is 0 Å². The van der Waals surface area contributed by atoms with Crippen LogP contribution in [0.4, 0.5) is 0 Å². The van der Waals surface area contributed by atoms with Crippen molar-refractivity contribution in [2.45, 2.75) is 200 Å². The molecule has 0 nitrogen and oxygen atoms in total. The summed E-state index contributed by atoms with van der Waals surface area (Å²) in [7, 11) is 0. The zero-order valence-corrected chi connectivity index (χ0v) is 39.7. The summed E-state index contributed by atoms with van der Waals surface area (Å²) in [5, 5.41) is 0. The molecule has 4 aromatic rings. The molecule has 0 amide bonds. The Morgan fingerprint density at radius 3 is 1.13 bits per heavy atom. The molecule has 0 aliphatic rings. The van der Waals surface area contributed by atoms with Crippen LogP contribution in [0.3, 0.4) is 0 Å². The summed E-state index contributed by atoms with van der Waals surface area (Å²) in [6, 6.07) is 23.0. The van der Waals surface area contributed by atoms with Crippen LogP contribution < -0.4 is 0 Å². The van der Waals surface area contributed by atoms with Crippen molar-refractivity contribution in [2.24, 2.45) is 0 Å². The lowest BCUT2D eigenvalue weighted by Gasteiger charge is -2.26. The lowest BCUT2D eigenvalue weighted by Crippen LogP contribution is -2.17. The monoisotopic (exact) mass is 733 g/mol. The molecule has 0 atom stereocenters. The first-order valence-electron chi connectivity index (χ1n) is 21.0. The normalized spacial score (nSPS) is 11.7. The molecular formula is C54H84. The summed E-state index contributed by atoms with van der Waals surface area (Å²) in [4.78, 5) is 0. The van der Waals surface area contributed by atoms with E-state index in [1.54, 1.807) is 0 Å². The maximum atomic E-state index is 2.40. The van der Waals surface area contributed by atoms with Gasteiger partial charge in [0.25, 0.3) is 0 Å². The van der Waals surface area contributed by atoms with Gasteiger partial charge in [0.2, 0.25) is 0 Å². The predicted molar refractivity (Wildman–Crippen MR) is 247 cm³/mol. The fraction of sp³-hybridized carbons (Fsp3) is 0.556. The SMILES string of the molecule is Cc1c(C(C)C)cc(C(C)C)cc1C(C)C.Cc1cc(C)c(C)c(C)c1.Cc1ccc(C(C)(C)C)cc1C(C)(C)C.Cc1ccc(C(C)C)cc1C(C)C. The minimum Gasteiger partial charge on any atom is -0.0588 e. The van der Waals surface area contributed by atoms with E-state index in [4.69, 9.17) is 0 Å². The van der Waals surface area contributed by atoms with Gasteiger partial charge in [-0.25, -0.2) is 0 Å². The maximum Gasteiger partial charge on any atom is -0.0129 e. The highest BCUT2D eigenvalue weighted by molar-refractivity contribution is 5.43. The Morgan fingerprint density at radius 1 is 0.352 bits per heavy atom. The van der Waals surface area contributed by atoms with E-state index in [2.05, 4.69) is 220 Å². The highest BCUT2D eigenvalue weighted by Gasteiger charge is 2.20. The second kappa shape index (κ2) is 20.7. The van der Waals surface area contributed by atoms with Crippen molar-refractivity contribution < 1.29 is 0 Å². The first-order chi connectivity index (χ1) is 24.6. The zero-order chi connectivity index (χ0) is 42.0. The zero-order valence-electron chi connectivity index (χ0n) is 39.7. The number of rotatable bonds is 5. The lowest BCUT2D eigenvalue weighted by molar-refractivity contribution is 0.566. The molecule has 0 spiro atoms. The van der Waals surface area contributed by atoms with Gasteiger partial charge in [-0.15, -0.1) is 0 Å². The summed E-state index contributed by atoms with van der Waals surface area (Å²) in [5.74, 6) is 3.14. The number of hydrogen-bond donors (Lipinski definition) is 0. The molecule has 0 bridgehead atoms. The molecule has 0 saturated heterocycles. The molecule has 4 rings (SSSR count). The Morgan fingerprint density at radius 2 is 0.759 bits per heavy atom. The number of aryl methyl sites for hydroxylation is 5. The van der Waals surface area contributed by atoms with Crippen LogP contribution in [-0.2, 0) is 10.8 Å². The third-order valence-electron chi connectivity index (χ3n) is 11.0. The van der Waals surface area contributed by atoms with E-state index in [-0.39, 0.29) is 10.8 Å². The Labute approximate surface area is 337 Å². The van der Waals surface area contributed by atoms with E-state index in [0.29, 0.717) is 29.6 Å². The molecule has 0 heterocycles. The minimum absolute atomic E-state index is 0.241. The summed E-state index contributed by atoms with van der Waals surface area (Å²) >= 11 is 0. The summed E-state index contributed by atoms with van der Waals surface area (Å²) in [5.41, 5.74) is 20.8. The summed E-state index contributed by atoms with van der Waals surface area (Å²) < 4.78 is 0. The van der Waals surface area contributed by atoms with Crippen LogP contribution >= 0.6 is 0 Å². The molecule has 0 unspecified atom stereocenters. The molecule has 0 heteroatoms. The largest absolute Gasteiger partial charge is 0.0588 e. The van der Waals surface area contributed by atoms with Crippen LogP contribution in [0.2, 0.25) is 0 Å². The van der Waals surface area contributed by atoms with Crippen LogP contribution in [-0.4, -0.2) is 0 Å². The van der Waals surface area contributed by atoms with Crippen LogP contribution in [0.15, 0.2) is 60.7 Å². The fourth-order valence-electron chi connectivity index (χ4n) is 7.11. The van der Waals surface area contributed by atoms with Crippen molar-refractivity contribution in [3.05, 3.63) is 139 Å². The highest BCUT2D eigenvalue weighted by Crippen LogP contribution is 2.32. The molecular weight excluding hydrogens is 649 g/mol. The van der Waals surface area contributed by atoms with E-state index in [9.17, 15) is 0 Å². The predicted octanol–water partition coefficient (Wildman–Crippen LogP) is 17.1. The second-order valence-corrected chi connectivity index (χ2v) is 19.8. The first-order valence-corrected chi connectivity index (χ1v) is 21.0. The molecule has 0 N–H and O–H groups in total. The van der Waals surface area contributed by atoms with Crippen LogP contribution in [0.5, 0.6) is 0 Å². The fourth-order valence-corrected chi connectivity index (χ4v) is 7.11. The number of benzene rings is 4. The average molecular weight is 733 g/mol. The molecule has 0 aliphatic heterocycles. The van der Waals surface area contributed by atoms with Crippen molar-refractivity contribution in [1.82, 2.24) is 0 Å². The van der Waals surface area contributed by atoms with Gasteiger partial charge in [-0.1, -0.05) is 177 Å². The van der Waals surface area contributed by atoms with Gasteiger partial charge in [0.05, 0.1) is 0 Å². The standard InChI is InChI=1S/C16H26.C15H24.C13H20.C10H14/c1-10(2)14-8-15(11(3)4)13(7)16(9-14)12(5)6;1-11-8-9-12(14(2,3)4)10-13(11)15(5,6)7;1-9(2)12-7-6-11(5)13(8-12)10(3)4;1-7-5-8(2)10(4)9(3)6-7/h8-12H,1-7H3;8-10H,1-7H3;6-10H,1-5H3;5-6H,1-4H3. The van der Waals surface area contributed by atoms with Crippen LogP contribution in [0.25, 0.3) is 0 Å². The van der Waals surface area contributed by atoms with Crippen LogP contribution in [0, 0.1) is 48.5 Å². The molecule has 0 fully saturated rings. The van der Waals surface area contributed by atoms with Crippen LogP contribution in [0.1, 0.15) is 218 Å². The topological polar surface area (TPSA) is 0 Å². The van der Waals surface area contributed by atoms with Crippen molar-refractivity contribution >= 4 is 0 Å². The van der Waals surface area contributed by atoms with E-state index in [1.807, 2.05) is 0 Å². The van der Waals surface area contributed by atoms with Gasteiger partial charge in [0, 0.05) is 0 Å². The van der Waals surface area contributed by atoms with E-state index >= 15 is 0 Å². The summed E-state index contributed by atoms with van der Waals surface area (Å²) in [6.45, 7) is 51.7. The van der Waals surface area contributed by atoms with Gasteiger partial charge in [-0.3, -0.25) is 0 Å². The van der Waals surface area contributed by atoms with Crippen molar-refractivity contribution in [1.29, 1.82) is 0 Å². The smallest absolute Gasteiger partial charge is 0.0129 e. The van der Waals surface area contributed by atoms with Crippen molar-refractivity contribution in [3.63, 3.8) is 0 Å². The Balaban J connectivity index is 0.000000365. The molecule has 0 radical (unpaired) electrons. The molecule has 4 aromatic carbocycles. The molecule has 54 heavy (non-hydrogen) atoms. The molecule has 0 saturated carbocycles. The van der Waals surface area contributed by atoms with Gasteiger partial charge in [0.1, 0.15) is 0 Å². The van der Waals surface area contributed by atoms with Crippen molar-refractivity contribution in [3.8, 4) is 0 Å². The highest BCUT2D eigenvalue weighted by atomic mass is 14.3. The van der Waals surface area contributed by atoms with Gasteiger partial charge in [-0.2, -0.15) is 0 Å². The third-order valence-corrected chi connectivity index (χ3v) is 11.0. The maximum absolute atomic E-state index is 2.40. The Hall–Kier alpha value is -3.12. The van der Waals surface area contributed by atoms with Gasteiger partial charge < -0.3 is 0 Å². The molecule has 0 aliphatic carbocycles. The Bertz CT molecular complexity index is 1700. The van der Waals surface area contributed by atoms with E-state index in [0.717, 1.165) is 0 Å². The second-order valence-electron chi connectivity index (χ2n) is 19.8. The quantitative estimate of drug-likeness (QED) is 0.192. The van der Waals surface area contributed by atoms with E-state index in [1.165, 1.54) is 77.9 Å². The number of hydrogen-bond acceptors (Lipinski definition) is 0. The average Bonchev–Trinajstić information content (AvgIpc) is 3.03. The first kappa shape index (κ1) is 48.9.